The largest absolute Gasteiger partial charge is 0.361 e. The Morgan fingerprint density at radius 2 is 0.788 bits per heavy atom. The van der Waals surface area contributed by atoms with Gasteiger partial charge in [-0.3, -0.25) is 9.59 Å². The molecule has 0 aromatic heterocycles. The zero-order valence-corrected chi connectivity index (χ0v) is 20.7. The van der Waals surface area contributed by atoms with Crippen LogP contribution < -0.4 is 5.73 Å². The fourth-order valence-electron chi connectivity index (χ4n) is 4.10. The van der Waals surface area contributed by atoms with Gasteiger partial charge in [-0.05, 0) is 25.7 Å². The molecule has 0 saturated heterocycles. The van der Waals surface area contributed by atoms with Gasteiger partial charge >= 0.3 is 0 Å². The van der Waals surface area contributed by atoms with E-state index in [9.17, 15) is 4.79 Å². The number of thiol groups is 2. The highest BCUT2D eigenvalue weighted by Gasteiger charge is 2.30. The minimum atomic E-state index is -0.639. The SMILES string of the molecule is C.NC(=O)S.O=C(S)N(C1CCCCC1)C1CCCCC1.c1ccccc1.c1ccccc1. The van der Waals surface area contributed by atoms with E-state index < -0.39 is 5.24 Å². The van der Waals surface area contributed by atoms with Gasteiger partial charge in [-0.15, -0.1) is 0 Å². The summed E-state index contributed by atoms with van der Waals surface area (Å²) in [7, 11) is 0. The van der Waals surface area contributed by atoms with Crippen molar-refractivity contribution < 1.29 is 9.59 Å². The summed E-state index contributed by atoms with van der Waals surface area (Å²) < 4.78 is 0. The van der Waals surface area contributed by atoms with Gasteiger partial charge in [0.05, 0.1) is 0 Å². The normalized spacial score (nSPS) is 15.5. The first-order valence-corrected chi connectivity index (χ1v) is 12.4. The molecule has 0 atom stereocenters. The van der Waals surface area contributed by atoms with E-state index in [1.54, 1.807) is 0 Å². The first-order valence-electron chi connectivity index (χ1n) is 11.5. The van der Waals surface area contributed by atoms with Gasteiger partial charge in [0, 0.05) is 12.1 Å². The number of hydrogen-bond donors (Lipinski definition) is 3. The molecule has 0 bridgehead atoms. The van der Waals surface area contributed by atoms with Crippen LogP contribution in [0.15, 0.2) is 72.8 Å². The molecule has 0 radical (unpaired) electrons. The maximum absolute atomic E-state index is 11.7. The molecule has 2 amide bonds. The average Bonchev–Trinajstić information content (AvgIpc) is 2.83. The first-order chi connectivity index (χ1) is 15.5. The Morgan fingerprint density at radius 3 is 0.970 bits per heavy atom. The van der Waals surface area contributed by atoms with Crippen molar-refractivity contribution in [3.63, 3.8) is 0 Å². The number of carbonyl (C=O) groups excluding carboxylic acids is 2. The zero-order valence-electron chi connectivity index (χ0n) is 18.9. The zero-order chi connectivity index (χ0) is 23.4. The molecular formula is C27H42N2O2S2. The van der Waals surface area contributed by atoms with Crippen LogP contribution >= 0.6 is 25.3 Å². The lowest BCUT2D eigenvalue weighted by Crippen LogP contribution is -2.46. The Balaban J connectivity index is 0.000000495. The molecule has 2 fully saturated rings. The summed E-state index contributed by atoms with van der Waals surface area (Å²) in [6, 6.07) is 25.0. The Hall–Kier alpha value is -1.92. The van der Waals surface area contributed by atoms with Crippen LogP contribution in [-0.2, 0) is 0 Å². The van der Waals surface area contributed by atoms with E-state index in [2.05, 4.69) is 35.9 Å². The number of nitrogens with zero attached hydrogens (tertiary/aromatic N) is 1. The molecule has 0 heterocycles. The molecule has 184 valence electrons. The molecular weight excluding hydrogens is 448 g/mol. The van der Waals surface area contributed by atoms with Gasteiger partial charge in [-0.1, -0.05) is 144 Å². The first kappa shape index (κ1) is 31.1. The van der Waals surface area contributed by atoms with Crippen molar-refractivity contribution >= 4 is 35.7 Å². The number of carbonyl (C=O) groups is 2. The van der Waals surface area contributed by atoms with Crippen LogP contribution in [0.3, 0.4) is 0 Å². The van der Waals surface area contributed by atoms with Crippen molar-refractivity contribution in [2.45, 2.75) is 83.7 Å². The fourth-order valence-corrected chi connectivity index (χ4v) is 4.43. The lowest BCUT2D eigenvalue weighted by Gasteiger charge is -2.40. The second-order valence-corrected chi connectivity index (χ2v) is 8.74. The maximum Gasteiger partial charge on any atom is 0.279 e. The van der Waals surface area contributed by atoms with Gasteiger partial charge in [0.25, 0.3) is 10.5 Å². The summed E-state index contributed by atoms with van der Waals surface area (Å²) in [6.45, 7) is 0. The molecule has 2 aliphatic rings. The van der Waals surface area contributed by atoms with Crippen molar-refractivity contribution in [3.05, 3.63) is 72.8 Å². The average molecular weight is 491 g/mol. The minimum Gasteiger partial charge on any atom is -0.361 e. The fraction of sp³-hybridized carbons (Fsp3) is 0.481. The van der Waals surface area contributed by atoms with Crippen LogP contribution in [-0.4, -0.2) is 27.5 Å². The molecule has 0 aliphatic heterocycles. The van der Waals surface area contributed by atoms with Crippen LogP contribution in [0.25, 0.3) is 0 Å². The predicted molar refractivity (Wildman–Crippen MR) is 148 cm³/mol. The predicted octanol–water partition coefficient (Wildman–Crippen LogP) is 8.01. The molecule has 2 N–H and O–H groups in total. The summed E-state index contributed by atoms with van der Waals surface area (Å²) in [5, 5.41) is -0.626. The highest BCUT2D eigenvalue weighted by atomic mass is 32.1. The third-order valence-corrected chi connectivity index (χ3v) is 5.72. The lowest BCUT2D eigenvalue weighted by atomic mass is 9.89. The van der Waals surface area contributed by atoms with Crippen LogP contribution in [0.4, 0.5) is 9.59 Å². The van der Waals surface area contributed by atoms with Crippen molar-refractivity contribution in [1.82, 2.24) is 4.90 Å². The third kappa shape index (κ3) is 16.4. The quantitative estimate of drug-likeness (QED) is 0.373. The maximum atomic E-state index is 11.7. The van der Waals surface area contributed by atoms with Gasteiger partial charge in [0.2, 0.25) is 0 Å². The number of amides is 2. The number of benzene rings is 2. The van der Waals surface area contributed by atoms with Crippen molar-refractivity contribution in [2.75, 3.05) is 0 Å². The molecule has 2 aliphatic carbocycles. The highest BCUT2D eigenvalue weighted by Crippen LogP contribution is 2.30. The minimum absolute atomic E-state index is 0. The Kier molecular flexibility index (Phi) is 19.5. The lowest BCUT2D eigenvalue weighted by molar-refractivity contribution is 0.122. The Morgan fingerprint density at radius 1 is 0.576 bits per heavy atom. The molecule has 6 heteroatoms. The second kappa shape index (κ2) is 20.7. The van der Waals surface area contributed by atoms with Crippen molar-refractivity contribution in [2.24, 2.45) is 5.73 Å². The summed E-state index contributed by atoms with van der Waals surface area (Å²) in [6.07, 6.45) is 12.6. The summed E-state index contributed by atoms with van der Waals surface area (Å²) in [5.41, 5.74) is 4.34. The second-order valence-electron chi connectivity index (χ2n) is 7.92. The monoisotopic (exact) mass is 490 g/mol. The smallest absolute Gasteiger partial charge is 0.279 e. The number of rotatable bonds is 2. The topological polar surface area (TPSA) is 63.4 Å². The molecule has 4 rings (SSSR count). The third-order valence-electron chi connectivity index (χ3n) is 5.49. The van der Waals surface area contributed by atoms with Crippen molar-refractivity contribution in [1.29, 1.82) is 0 Å². The number of hydrogen-bond acceptors (Lipinski definition) is 2. The number of primary amides is 1. The molecule has 2 aromatic carbocycles. The van der Waals surface area contributed by atoms with E-state index in [1.165, 1.54) is 64.2 Å². The molecule has 2 aromatic rings. The van der Waals surface area contributed by atoms with Crippen molar-refractivity contribution in [3.8, 4) is 0 Å². The molecule has 0 spiro atoms. The van der Waals surface area contributed by atoms with Crippen LogP contribution in [0.2, 0.25) is 0 Å². The summed E-state index contributed by atoms with van der Waals surface area (Å²) >= 11 is 7.21. The van der Waals surface area contributed by atoms with E-state index in [-0.39, 0.29) is 12.7 Å². The Labute approximate surface area is 212 Å². The standard InChI is InChI=1S/C13H23NOS.2C6H6.CH3NOS.CH4/c15-13(16)14(11-7-3-1-4-8-11)12-9-5-2-6-10-12;2*1-2-4-6-5-3-1;2-1(3)4;/h11-12H,1-10H2,(H,15,16);2*1-6H;(H3,2,3,4);1H4. The molecule has 2 saturated carbocycles. The van der Waals surface area contributed by atoms with E-state index in [1.807, 2.05) is 72.8 Å². The van der Waals surface area contributed by atoms with Crippen LogP contribution in [0.5, 0.6) is 0 Å². The Bertz CT molecular complexity index is 598. The molecule has 4 nitrogen and oxygen atoms in total. The van der Waals surface area contributed by atoms with Gasteiger partial charge in [-0.25, -0.2) is 0 Å². The van der Waals surface area contributed by atoms with Gasteiger partial charge in [0.15, 0.2) is 0 Å². The van der Waals surface area contributed by atoms with E-state index >= 15 is 0 Å². The summed E-state index contributed by atoms with van der Waals surface area (Å²) in [5.74, 6) is 0. The molecule has 0 unspecified atom stereocenters. The van der Waals surface area contributed by atoms with Gasteiger partial charge < -0.3 is 10.6 Å². The van der Waals surface area contributed by atoms with Crippen LogP contribution in [0.1, 0.15) is 71.6 Å². The summed E-state index contributed by atoms with van der Waals surface area (Å²) in [4.78, 5) is 22.9. The number of nitrogens with two attached hydrogens (primary N) is 1. The van der Waals surface area contributed by atoms with Gasteiger partial charge in [0.1, 0.15) is 0 Å². The molecule has 33 heavy (non-hydrogen) atoms. The van der Waals surface area contributed by atoms with E-state index in [4.69, 9.17) is 4.79 Å². The van der Waals surface area contributed by atoms with E-state index in [0.29, 0.717) is 12.1 Å². The van der Waals surface area contributed by atoms with E-state index in [0.717, 1.165) is 0 Å². The highest BCUT2D eigenvalue weighted by molar-refractivity contribution is 7.96. The van der Waals surface area contributed by atoms with Crippen LogP contribution in [0, 0.1) is 0 Å². The van der Waals surface area contributed by atoms with Gasteiger partial charge in [-0.2, -0.15) is 0 Å².